The van der Waals surface area contributed by atoms with E-state index >= 15 is 0 Å². The van der Waals surface area contributed by atoms with E-state index in [-0.39, 0.29) is 4.90 Å². The molecule has 0 saturated carbocycles. The van der Waals surface area contributed by atoms with Gasteiger partial charge >= 0.3 is 0 Å². The van der Waals surface area contributed by atoms with Gasteiger partial charge < -0.3 is 5.32 Å². The van der Waals surface area contributed by atoms with Gasteiger partial charge in [0, 0.05) is 11.7 Å². The number of hydrogen-bond acceptors (Lipinski definition) is 3. The molecule has 4 nitrogen and oxygen atoms in total. The summed E-state index contributed by atoms with van der Waals surface area (Å²) in [4.78, 5) is 0.149. The normalized spacial score (nSPS) is 13.2. The molecule has 1 aromatic rings. The number of benzene rings is 1. The summed E-state index contributed by atoms with van der Waals surface area (Å²) in [7, 11) is -3.63. The summed E-state index contributed by atoms with van der Waals surface area (Å²) < 4.78 is 22.5. The fourth-order valence-corrected chi connectivity index (χ4v) is 2.56. The number of nitrogens with one attached hydrogen (secondary N) is 1. The molecule has 0 heterocycles. The van der Waals surface area contributed by atoms with E-state index in [1.54, 1.807) is 12.1 Å². The molecular formula is C14H24N2O2S. The van der Waals surface area contributed by atoms with Crippen molar-refractivity contribution < 1.29 is 8.42 Å². The predicted molar refractivity (Wildman–Crippen MR) is 79.7 cm³/mol. The Morgan fingerprint density at radius 3 is 2.63 bits per heavy atom. The molecule has 108 valence electrons. The van der Waals surface area contributed by atoms with Crippen LogP contribution >= 0.6 is 0 Å². The lowest BCUT2D eigenvalue weighted by molar-refractivity contribution is 0.593. The second kappa shape index (κ2) is 7.50. The smallest absolute Gasteiger partial charge is 0.238 e. The second-order valence-electron chi connectivity index (χ2n) is 4.97. The highest BCUT2D eigenvalue weighted by atomic mass is 32.2. The van der Waals surface area contributed by atoms with Gasteiger partial charge in [-0.1, -0.05) is 38.7 Å². The second-order valence-corrected chi connectivity index (χ2v) is 6.53. The molecule has 1 rings (SSSR count). The van der Waals surface area contributed by atoms with E-state index in [2.05, 4.69) is 19.2 Å². The van der Waals surface area contributed by atoms with E-state index in [9.17, 15) is 8.42 Å². The monoisotopic (exact) mass is 284 g/mol. The summed E-state index contributed by atoms with van der Waals surface area (Å²) in [5.41, 5.74) is 0.800. The molecule has 0 aliphatic heterocycles. The van der Waals surface area contributed by atoms with Crippen molar-refractivity contribution in [2.45, 2.75) is 56.9 Å². The average Bonchev–Trinajstić information content (AvgIpc) is 2.34. The van der Waals surface area contributed by atoms with Gasteiger partial charge in [0.05, 0.1) is 4.90 Å². The third-order valence-electron chi connectivity index (χ3n) is 3.07. The van der Waals surface area contributed by atoms with E-state index in [0.29, 0.717) is 6.04 Å². The van der Waals surface area contributed by atoms with Crippen LogP contribution in [0.1, 0.15) is 46.0 Å². The number of sulfonamides is 1. The van der Waals surface area contributed by atoms with Gasteiger partial charge in [0.15, 0.2) is 0 Å². The van der Waals surface area contributed by atoms with E-state index in [0.717, 1.165) is 12.1 Å². The first-order chi connectivity index (χ1) is 8.93. The zero-order chi connectivity index (χ0) is 14.3. The third kappa shape index (κ3) is 6.07. The summed E-state index contributed by atoms with van der Waals surface area (Å²) in [5.74, 6) is 0. The van der Waals surface area contributed by atoms with E-state index in [1.165, 1.54) is 31.7 Å². The van der Waals surface area contributed by atoms with Crippen LogP contribution in [0.4, 0.5) is 5.69 Å². The van der Waals surface area contributed by atoms with Crippen molar-refractivity contribution >= 4 is 15.7 Å². The van der Waals surface area contributed by atoms with Gasteiger partial charge in [-0.3, -0.25) is 0 Å². The van der Waals surface area contributed by atoms with E-state index in [1.807, 2.05) is 6.07 Å². The van der Waals surface area contributed by atoms with Crippen LogP contribution in [0.2, 0.25) is 0 Å². The zero-order valence-corrected chi connectivity index (χ0v) is 12.5. The third-order valence-corrected chi connectivity index (χ3v) is 3.98. The summed E-state index contributed by atoms with van der Waals surface area (Å²) in [6.45, 7) is 4.30. The highest BCUT2D eigenvalue weighted by Crippen LogP contribution is 2.16. The first-order valence-electron chi connectivity index (χ1n) is 6.83. The molecule has 0 radical (unpaired) electrons. The summed E-state index contributed by atoms with van der Waals surface area (Å²) in [6.07, 6.45) is 6.03. The molecule has 0 fully saturated rings. The standard InChI is InChI=1S/C14H24N2O2S/c1-3-4-5-6-8-12(2)16-13-9-7-10-14(11-13)19(15,17)18/h7,9-12,16H,3-6,8H2,1-2H3,(H2,15,17,18). The van der Waals surface area contributed by atoms with Crippen molar-refractivity contribution in [3.63, 3.8) is 0 Å². The van der Waals surface area contributed by atoms with Gasteiger partial charge in [-0.15, -0.1) is 0 Å². The number of rotatable bonds is 8. The summed E-state index contributed by atoms with van der Waals surface area (Å²) in [6, 6.07) is 6.97. The van der Waals surface area contributed by atoms with Gasteiger partial charge in [-0.25, -0.2) is 13.6 Å². The van der Waals surface area contributed by atoms with Crippen LogP contribution in [0.3, 0.4) is 0 Å². The molecule has 0 bridgehead atoms. The molecule has 3 N–H and O–H groups in total. The first-order valence-corrected chi connectivity index (χ1v) is 8.37. The Morgan fingerprint density at radius 1 is 1.26 bits per heavy atom. The number of unbranched alkanes of at least 4 members (excludes halogenated alkanes) is 3. The van der Waals surface area contributed by atoms with Crippen molar-refractivity contribution in [1.29, 1.82) is 0 Å². The lowest BCUT2D eigenvalue weighted by atomic mass is 10.1. The molecule has 0 aliphatic rings. The topological polar surface area (TPSA) is 72.2 Å². The number of anilines is 1. The van der Waals surface area contributed by atoms with Crippen LogP contribution in [0.15, 0.2) is 29.2 Å². The van der Waals surface area contributed by atoms with Crippen molar-refractivity contribution in [2.75, 3.05) is 5.32 Å². The number of nitrogens with two attached hydrogens (primary N) is 1. The lowest BCUT2D eigenvalue weighted by Crippen LogP contribution is -2.16. The first kappa shape index (κ1) is 16.0. The predicted octanol–water partition coefficient (Wildman–Crippen LogP) is 3.10. The van der Waals surface area contributed by atoms with E-state index in [4.69, 9.17) is 5.14 Å². The molecule has 0 aliphatic carbocycles. The molecule has 1 aromatic carbocycles. The largest absolute Gasteiger partial charge is 0.383 e. The van der Waals surface area contributed by atoms with Crippen LogP contribution in [0.5, 0.6) is 0 Å². The Morgan fingerprint density at radius 2 is 2.00 bits per heavy atom. The minimum absolute atomic E-state index is 0.149. The maximum Gasteiger partial charge on any atom is 0.238 e. The van der Waals surface area contributed by atoms with Gasteiger partial charge in [0.2, 0.25) is 10.0 Å². The van der Waals surface area contributed by atoms with Crippen LogP contribution in [-0.4, -0.2) is 14.5 Å². The molecule has 0 spiro atoms. The Balaban J connectivity index is 2.53. The molecule has 19 heavy (non-hydrogen) atoms. The van der Waals surface area contributed by atoms with Gasteiger partial charge in [0.25, 0.3) is 0 Å². The van der Waals surface area contributed by atoms with Crippen molar-refractivity contribution in [1.82, 2.24) is 0 Å². The highest BCUT2D eigenvalue weighted by molar-refractivity contribution is 7.89. The Kier molecular flexibility index (Phi) is 6.31. The highest BCUT2D eigenvalue weighted by Gasteiger charge is 2.09. The summed E-state index contributed by atoms with van der Waals surface area (Å²) >= 11 is 0. The number of hydrogen-bond donors (Lipinski definition) is 2. The molecule has 5 heteroatoms. The van der Waals surface area contributed by atoms with Crippen molar-refractivity contribution in [2.24, 2.45) is 5.14 Å². The molecule has 0 aromatic heterocycles. The van der Waals surface area contributed by atoms with Crippen LogP contribution in [-0.2, 0) is 10.0 Å². The van der Waals surface area contributed by atoms with Gasteiger partial charge in [-0.2, -0.15) is 0 Å². The van der Waals surface area contributed by atoms with Crippen LogP contribution in [0.25, 0.3) is 0 Å². The Labute approximate surface area is 116 Å². The number of primary sulfonamides is 1. The minimum atomic E-state index is -3.63. The average molecular weight is 284 g/mol. The molecule has 0 saturated heterocycles. The molecular weight excluding hydrogens is 260 g/mol. The molecule has 1 unspecified atom stereocenters. The lowest BCUT2D eigenvalue weighted by Gasteiger charge is -2.15. The van der Waals surface area contributed by atoms with Crippen molar-refractivity contribution in [3.8, 4) is 0 Å². The van der Waals surface area contributed by atoms with E-state index < -0.39 is 10.0 Å². The van der Waals surface area contributed by atoms with Crippen LogP contribution in [0, 0.1) is 0 Å². The minimum Gasteiger partial charge on any atom is -0.383 e. The van der Waals surface area contributed by atoms with Crippen molar-refractivity contribution in [3.05, 3.63) is 24.3 Å². The zero-order valence-electron chi connectivity index (χ0n) is 11.7. The fourth-order valence-electron chi connectivity index (χ4n) is 2.00. The Bertz CT molecular complexity index is 486. The Hall–Kier alpha value is -1.07. The van der Waals surface area contributed by atoms with Gasteiger partial charge in [-0.05, 0) is 31.5 Å². The molecule has 1 atom stereocenters. The SMILES string of the molecule is CCCCCCC(C)Nc1cccc(S(N)(=O)=O)c1. The summed E-state index contributed by atoms with van der Waals surface area (Å²) in [5, 5.41) is 8.43. The maximum atomic E-state index is 11.3. The van der Waals surface area contributed by atoms with Crippen LogP contribution < -0.4 is 10.5 Å². The van der Waals surface area contributed by atoms with Gasteiger partial charge in [0.1, 0.15) is 0 Å². The maximum absolute atomic E-state index is 11.3. The fraction of sp³-hybridized carbons (Fsp3) is 0.571. The quantitative estimate of drug-likeness (QED) is 0.720. The molecule has 0 amide bonds.